The van der Waals surface area contributed by atoms with Crippen LogP contribution < -0.4 is 4.74 Å². The summed E-state index contributed by atoms with van der Waals surface area (Å²) in [6, 6.07) is 14.4. The highest BCUT2D eigenvalue weighted by Gasteiger charge is 2.34. The molecule has 2 aliphatic heterocycles. The van der Waals surface area contributed by atoms with E-state index >= 15 is 0 Å². The SMILES string of the molecule is O=C(c1cccc(F)c1)N(CC(=O)N1CCc2sccc2[C@@H]1COc1ccc(Cl)cc1)C[C@H]1CCCO1. The molecule has 0 radical (unpaired) electrons. The van der Waals surface area contributed by atoms with Crippen LogP contribution >= 0.6 is 22.9 Å². The summed E-state index contributed by atoms with van der Waals surface area (Å²) < 4.78 is 25.7. The predicted molar refractivity (Wildman–Crippen MR) is 141 cm³/mol. The van der Waals surface area contributed by atoms with Crippen LogP contribution in [-0.2, 0) is 16.0 Å². The van der Waals surface area contributed by atoms with Crippen molar-refractivity contribution in [3.05, 3.63) is 86.8 Å². The Morgan fingerprint density at radius 2 is 2.03 bits per heavy atom. The molecule has 2 atom stereocenters. The van der Waals surface area contributed by atoms with Gasteiger partial charge in [-0.25, -0.2) is 4.39 Å². The summed E-state index contributed by atoms with van der Waals surface area (Å²) in [5.74, 6) is -0.384. The first kappa shape index (κ1) is 25.7. The monoisotopic (exact) mass is 542 g/mol. The van der Waals surface area contributed by atoms with Crippen LogP contribution in [0.1, 0.15) is 39.7 Å². The van der Waals surface area contributed by atoms with Crippen LogP contribution in [-0.4, -0.2) is 60.6 Å². The molecule has 1 fully saturated rings. The van der Waals surface area contributed by atoms with Crippen molar-refractivity contribution < 1.29 is 23.5 Å². The third kappa shape index (κ3) is 6.14. The van der Waals surface area contributed by atoms with Gasteiger partial charge in [-0.1, -0.05) is 17.7 Å². The van der Waals surface area contributed by atoms with Crippen LogP contribution in [0.2, 0.25) is 5.02 Å². The average molecular weight is 543 g/mol. The Balaban J connectivity index is 1.35. The van der Waals surface area contributed by atoms with Gasteiger partial charge in [0.25, 0.3) is 5.91 Å². The largest absolute Gasteiger partial charge is 0.491 e. The molecular formula is C28H28ClFN2O4S. The van der Waals surface area contributed by atoms with Crippen molar-refractivity contribution in [2.45, 2.75) is 31.4 Å². The number of rotatable bonds is 8. The molecule has 194 valence electrons. The number of hydrogen-bond donors (Lipinski definition) is 0. The Bertz CT molecular complexity index is 1240. The highest BCUT2D eigenvalue weighted by molar-refractivity contribution is 7.10. The molecule has 1 saturated heterocycles. The summed E-state index contributed by atoms with van der Waals surface area (Å²) in [5.41, 5.74) is 1.29. The fraction of sp³-hybridized carbons (Fsp3) is 0.357. The van der Waals surface area contributed by atoms with Gasteiger partial charge < -0.3 is 19.3 Å². The van der Waals surface area contributed by atoms with E-state index in [4.69, 9.17) is 21.1 Å². The fourth-order valence-electron chi connectivity index (χ4n) is 4.89. The summed E-state index contributed by atoms with van der Waals surface area (Å²) in [6.45, 7) is 1.61. The first-order valence-corrected chi connectivity index (χ1v) is 13.6. The van der Waals surface area contributed by atoms with E-state index in [2.05, 4.69) is 0 Å². The molecule has 6 nitrogen and oxygen atoms in total. The highest BCUT2D eigenvalue weighted by Crippen LogP contribution is 2.34. The lowest BCUT2D eigenvalue weighted by atomic mass is 10.00. The van der Waals surface area contributed by atoms with Gasteiger partial charge in [0.1, 0.15) is 24.7 Å². The number of nitrogens with zero attached hydrogens (tertiary/aromatic N) is 2. The first-order valence-electron chi connectivity index (χ1n) is 12.4. The van der Waals surface area contributed by atoms with Crippen molar-refractivity contribution in [3.63, 3.8) is 0 Å². The molecule has 0 unspecified atom stereocenters. The topological polar surface area (TPSA) is 59.1 Å². The minimum atomic E-state index is -0.491. The van der Waals surface area contributed by atoms with Crippen LogP contribution in [0.25, 0.3) is 0 Å². The van der Waals surface area contributed by atoms with Gasteiger partial charge in [0.05, 0.1) is 12.1 Å². The second-order valence-electron chi connectivity index (χ2n) is 9.25. The van der Waals surface area contributed by atoms with Crippen molar-refractivity contribution >= 4 is 34.8 Å². The standard InChI is InChI=1S/C28H28ClFN2O4S/c29-20-6-8-22(9-7-20)36-18-25-24-11-14-37-26(24)10-12-32(25)27(33)17-31(16-23-5-2-13-35-23)28(34)19-3-1-4-21(30)15-19/h1,3-4,6-9,11,14-15,23,25H,2,5,10,12-13,16-18H2/t23-,25+/m1/s1. The molecule has 3 heterocycles. The minimum absolute atomic E-state index is 0.119. The van der Waals surface area contributed by atoms with Gasteiger partial charge in [-0.15, -0.1) is 11.3 Å². The van der Waals surface area contributed by atoms with Gasteiger partial charge >= 0.3 is 0 Å². The van der Waals surface area contributed by atoms with Crippen LogP contribution in [0.5, 0.6) is 5.75 Å². The van der Waals surface area contributed by atoms with E-state index in [9.17, 15) is 14.0 Å². The quantitative estimate of drug-likeness (QED) is 0.384. The summed E-state index contributed by atoms with van der Waals surface area (Å²) >= 11 is 7.67. The number of ether oxygens (including phenoxy) is 2. The number of carbonyl (C=O) groups is 2. The molecule has 9 heteroatoms. The molecule has 37 heavy (non-hydrogen) atoms. The Morgan fingerprint density at radius 1 is 1.19 bits per heavy atom. The molecular weight excluding hydrogens is 515 g/mol. The molecule has 0 bridgehead atoms. The maximum Gasteiger partial charge on any atom is 0.254 e. The number of hydrogen-bond acceptors (Lipinski definition) is 5. The predicted octanol–water partition coefficient (Wildman–Crippen LogP) is 5.37. The number of carbonyl (C=O) groups excluding carboxylic acids is 2. The van der Waals surface area contributed by atoms with Crippen LogP contribution in [0, 0.1) is 5.82 Å². The van der Waals surface area contributed by atoms with E-state index in [0.717, 1.165) is 24.8 Å². The van der Waals surface area contributed by atoms with Crippen molar-refractivity contribution in [1.82, 2.24) is 9.80 Å². The second-order valence-corrected chi connectivity index (χ2v) is 10.7. The lowest BCUT2D eigenvalue weighted by Gasteiger charge is -2.37. The Kier molecular flexibility index (Phi) is 8.08. The summed E-state index contributed by atoms with van der Waals surface area (Å²) in [6.07, 6.45) is 2.34. The normalized spacial score (nSPS) is 18.9. The van der Waals surface area contributed by atoms with Crippen molar-refractivity contribution in [2.24, 2.45) is 0 Å². The molecule has 2 aromatic carbocycles. The van der Waals surface area contributed by atoms with Crippen LogP contribution in [0.15, 0.2) is 60.0 Å². The van der Waals surface area contributed by atoms with Gasteiger partial charge in [-0.05, 0) is 78.7 Å². The minimum Gasteiger partial charge on any atom is -0.491 e. The van der Waals surface area contributed by atoms with Crippen LogP contribution in [0.3, 0.4) is 0 Å². The number of benzene rings is 2. The van der Waals surface area contributed by atoms with Crippen LogP contribution in [0.4, 0.5) is 4.39 Å². The van der Waals surface area contributed by atoms with E-state index < -0.39 is 5.82 Å². The maximum atomic E-state index is 13.9. The third-order valence-electron chi connectivity index (χ3n) is 6.77. The molecule has 0 spiro atoms. The Hall–Kier alpha value is -2.94. The van der Waals surface area contributed by atoms with Gasteiger partial charge in [0.15, 0.2) is 0 Å². The lowest BCUT2D eigenvalue weighted by molar-refractivity contribution is -0.135. The number of thiophene rings is 1. The Labute approximate surface area is 224 Å². The second kappa shape index (κ2) is 11.6. The smallest absolute Gasteiger partial charge is 0.254 e. The summed E-state index contributed by atoms with van der Waals surface area (Å²) in [7, 11) is 0. The molecule has 1 aromatic heterocycles. The molecule has 2 amide bonds. The summed E-state index contributed by atoms with van der Waals surface area (Å²) in [5, 5.41) is 2.65. The van der Waals surface area contributed by atoms with E-state index in [-0.39, 0.29) is 49.2 Å². The van der Waals surface area contributed by atoms with Gasteiger partial charge in [-0.3, -0.25) is 9.59 Å². The van der Waals surface area contributed by atoms with E-state index in [1.54, 1.807) is 46.6 Å². The summed E-state index contributed by atoms with van der Waals surface area (Å²) in [4.78, 5) is 31.6. The third-order valence-corrected chi connectivity index (χ3v) is 8.02. The van der Waals surface area contributed by atoms with E-state index in [1.165, 1.54) is 28.0 Å². The van der Waals surface area contributed by atoms with Crippen molar-refractivity contribution in [3.8, 4) is 5.75 Å². The number of amides is 2. The fourth-order valence-corrected chi connectivity index (χ4v) is 5.95. The van der Waals surface area contributed by atoms with Gasteiger partial charge in [0.2, 0.25) is 5.91 Å². The van der Waals surface area contributed by atoms with E-state index in [0.29, 0.717) is 23.9 Å². The molecule has 0 saturated carbocycles. The Morgan fingerprint density at radius 3 is 2.78 bits per heavy atom. The lowest BCUT2D eigenvalue weighted by Crippen LogP contribution is -2.49. The zero-order valence-corrected chi connectivity index (χ0v) is 21.8. The molecule has 2 aliphatic rings. The molecule has 0 N–H and O–H groups in total. The van der Waals surface area contributed by atoms with Gasteiger partial charge in [0, 0.05) is 35.2 Å². The van der Waals surface area contributed by atoms with E-state index in [1.807, 2.05) is 11.4 Å². The highest BCUT2D eigenvalue weighted by atomic mass is 35.5. The van der Waals surface area contributed by atoms with Crippen molar-refractivity contribution in [1.29, 1.82) is 0 Å². The zero-order valence-electron chi connectivity index (χ0n) is 20.3. The molecule has 5 rings (SSSR count). The first-order chi connectivity index (χ1) is 18.0. The van der Waals surface area contributed by atoms with Crippen molar-refractivity contribution in [2.75, 3.05) is 32.8 Å². The zero-order chi connectivity index (χ0) is 25.8. The average Bonchev–Trinajstić information content (AvgIpc) is 3.59. The number of halogens is 2. The maximum absolute atomic E-state index is 13.9. The van der Waals surface area contributed by atoms with Gasteiger partial charge in [-0.2, -0.15) is 0 Å². The number of fused-ring (bicyclic) bond motifs is 1. The molecule has 0 aliphatic carbocycles. The molecule has 3 aromatic rings.